The predicted octanol–water partition coefficient (Wildman–Crippen LogP) is 1.83. The number of nitrogens with one attached hydrogen (secondary N) is 2. The molecule has 1 aromatic carbocycles. The topological polar surface area (TPSA) is 80.3 Å². The minimum absolute atomic E-state index is 0.113. The van der Waals surface area contributed by atoms with Crippen LogP contribution in [0.2, 0.25) is 0 Å². The lowest BCUT2D eigenvalue weighted by Gasteiger charge is -2.13. The number of aromatic nitrogens is 1. The van der Waals surface area contributed by atoms with E-state index in [9.17, 15) is 9.59 Å². The molecular formula is C17H17N3O3. The molecule has 0 saturated heterocycles. The zero-order valence-corrected chi connectivity index (χ0v) is 12.7. The van der Waals surface area contributed by atoms with Crippen molar-refractivity contribution in [2.75, 3.05) is 12.4 Å². The van der Waals surface area contributed by atoms with Crippen molar-refractivity contribution in [1.82, 2.24) is 10.3 Å². The van der Waals surface area contributed by atoms with E-state index in [1.807, 2.05) is 24.3 Å². The maximum Gasteiger partial charge on any atom is 0.313 e. The highest BCUT2D eigenvalue weighted by Gasteiger charge is 2.25. The normalized spacial score (nSPS) is 15.6. The fourth-order valence-corrected chi connectivity index (χ4v) is 2.69. The largest absolute Gasteiger partial charge is 0.481 e. The number of pyridine rings is 1. The van der Waals surface area contributed by atoms with Crippen molar-refractivity contribution in [3.05, 3.63) is 53.7 Å². The fourth-order valence-electron chi connectivity index (χ4n) is 2.69. The van der Waals surface area contributed by atoms with Crippen molar-refractivity contribution in [2.24, 2.45) is 0 Å². The Kier molecular flexibility index (Phi) is 4.23. The molecule has 0 aliphatic heterocycles. The van der Waals surface area contributed by atoms with E-state index in [1.165, 1.54) is 18.9 Å². The van der Waals surface area contributed by atoms with Gasteiger partial charge in [0.25, 0.3) is 0 Å². The molecule has 1 unspecified atom stereocenters. The summed E-state index contributed by atoms with van der Waals surface area (Å²) in [6, 6.07) is 11.1. The molecule has 1 heterocycles. The Labute approximate surface area is 133 Å². The minimum atomic E-state index is -0.707. The second-order valence-electron chi connectivity index (χ2n) is 5.31. The van der Waals surface area contributed by atoms with Crippen LogP contribution in [0.3, 0.4) is 0 Å². The third-order valence-corrected chi connectivity index (χ3v) is 3.85. The number of methoxy groups -OCH3 is 1. The van der Waals surface area contributed by atoms with Crippen LogP contribution >= 0.6 is 0 Å². The first-order valence-corrected chi connectivity index (χ1v) is 7.37. The van der Waals surface area contributed by atoms with Gasteiger partial charge in [-0.05, 0) is 30.0 Å². The van der Waals surface area contributed by atoms with Gasteiger partial charge in [0, 0.05) is 6.07 Å². The summed E-state index contributed by atoms with van der Waals surface area (Å²) in [5.74, 6) is -0.918. The van der Waals surface area contributed by atoms with Crippen LogP contribution in [0.5, 0.6) is 5.88 Å². The van der Waals surface area contributed by atoms with E-state index in [-0.39, 0.29) is 6.04 Å². The lowest BCUT2D eigenvalue weighted by atomic mass is 10.1. The summed E-state index contributed by atoms with van der Waals surface area (Å²) in [7, 11) is 1.51. The summed E-state index contributed by atoms with van der Waals surface area (Å²) in [6.07, 6.45) is 3.16. The molecule has 0 fully saturated rings. The average molecular weight is 311 g/mol. The van der Waals surface area contributed by atoms with Gasteiger partial charge in [0.1, 0.15) is 0 Å². The van der Waals surface area contributed by atoms with Crippen LogP contribution in [0.1, 0.15) is 23.6 Å². The maximum absolute atomic E-state index is 12.1. The number of benzene rings is 1. The number of carbonyl (C=O) groups is 2. The highest BCUT2D eigenvalue weighted by molar-refractivity contribution is 6.39. The van der Waals surface area contributed by atoms with Crippen LogP contribution < -0.4 is 15.4 Å². The molecule has 118 valence electrons. The van der Waals surface area contributed by atoms with E-state index in [1.54, 1.807) is 12.1 Å². The first kappa shape index (κ1) is 15.0. The first-order chi connectivity index (χ1) is 11.2. The van der Waals surface area contributed by atoms with Crippen LogP contribution in [0.4, 0.5) is 5.69 Å². The maximum atomic E-state index is 12.1. The highest BCUT2D eigenvalue weighted by Crippen LogP contribution is 2.30. The molecule has 0 spiro atoms. The molecule has 1 aliphatic carbocycles. The number of amides is 2. The lowest BCUT2D eigenvalue weighted by Crippen LogP contribution is -2.37. The quantitative estimate of drug-likeness (QED) is 0.848. The Morgan fingerprint density at radius 3 is 2.74 bits per heavy atom. The Bertz CT molecular complexity index is 728. The first-order valence-electron chi connectivity index (χ1n) is 7.37. The van der Waals surface area contributed by atoms with Crippen molar-refractivity contribution in [3.63, 3.8) is 0 Å². The van der Waals surface area contributed by atoms with Crippen molar-refractivity contribution >= 4 is 17.5 Å². The van der Waals surface area contributed by atoms with Gasteiger partial charge in [0.15, 0.2) is 0 Å². The molecule has 1 aliphatic rings. The predicted molar refractivity (Wildman–Crippen MR) is 85.1 cm³/mol. The summed E-state index contributed by atoms with van der Waals surface area (Å²) in [4.78, 5) is 28.0. The van der Waals surface area contributed by atoms with Crippen molar-refractivity contribution in [2.45, 2.75) is 18.9 Å². The van der Waals surface area contributed by atoms with Gasteiger partial charge in [-0.15, -0.1) is 0 Å². The lowest BCUT2D eigenvalue weighted by molar-refractivity contribution is -0.136. The molecule has 0 saturated carbocycles. The molecule has 2 aromatic rings. The highest BCUT2D eigenvalue weighted by atomic mass is 16.5. The van der Waals surface area contributed by atoms with Gasteiger partial charge in [-0.3, -0.25) is 9.59 Å². The van der Waals surface area contributed by atoms with Gasteiger partial charge in [-0.2, -0.15) is 0 Å². The van der Waals surface area contributed by atoms with Gasteiger partial charge < -0.3 is 15.4 Å². The van der Waals surface area contributed by atoms with E-state index in [0.717, 1.165) is 18.4 Å². The number of carbonyl (C=O) groups excluding carboxylic acids is 2. The Morgan fingerprint density at radius 2 is 2.00 bits per heavy atom. The number of hydrogen-bond acceptors (Lipinski definition) is 4. The van der Waals surface area contributed by atoms with Crippen molar-refractivity contribution in [1.29, 1.82) is 0 Å². The number of rotatable bonds is 3. The molecule has 1 atom stereocenters. The van der Waals surface area contributed by atoms with Gasteiger partial charge in [0.05, 0.1) is 25.0 Å². The minimum Gasteiger partial charge on any atom is -0.481 e. The van der Waals surface area contributed by atoms with E-state index in [4.69, 9.17) is 4.74 Å². The number of fused-ring (bicyclic) bond motifs is 1. The van der Waals surface area contributed by atoms with Crippen LogP contribution in [-0.4, -0.2) is 23.9 Å². The van der Waals surface area contributed by atoms with Crippen LogP contribution in [0.15, 0.2) is 42.6 Å². The Hall–Kier alpha value is -2.89. The molecule has 6 heteroatoms. The van der Waals surface area contributed by atoms with Gasteiger partial charge >= 0.3 is 11.8 Å². The third-order valence-electron chi connectivity index (χ3n) is 3.85. The van der Waals surface area contributed by atoms with Crippen LogP contribution in [-0.2, 0) is 16.0 Å². The molecule has 2 N–H and O–H groups in total. The van der Waals surface area contributed by atoms with Gasteiger partial charge in [-0.25, -0.2) is 4.98 Å². The fraction of sp³-hybridized carbons (Fsp3) is 0.235. The summed E-state index contributed by atoms with van der Waals surface area (Å²) in [6.45, 7) is 0. The molecule has 0 radical (unpaired) electrons. The van der Waals surface area contributed by atoms with Gasteiger partial charge in [-0.1, -0.05) is 24.3 Å². The van der Waals surface area contributed by atoms with E-state index in [0.29, 0.717) is 11.6 Å². The van der Waals surface area contributed by atoms with E-state index in [2.05, 4.69) is 15.6 Å². The number of nitrogens with zero attached hydrogens (tertiary/aromatic N) is 1. The standard InChI is InChI=1S/C17H17N3O3/c1-23-15-9-7-12(10-18-15)19-16(21)17(22)20-14-8-6-11-4-2-3-5-13(11)14/h2-5,7,9-10,14H,6,8H2,1H3,(H,19,21)(H,20,22). The van der Waals surface area contributed by atoms with Crippen molar-refractivity contribution < 1.29 is 14.3 Å². The summed E-state index contributed by atoms with van der Waals surface area (Å²) >= 11 is 0. The summed E-state index contributed by atoms with van der Waals surface area (Å²) in [5.41, 5.74) is 2.75. The number of aryl methyl sites for hydroxylation is 1. The molecule has 1 aromatic heterocycles. The summed E-state index contributed by atoms with van der Waals surface area (Å²) in [5, 5.41) is 5.30. The number of ether oxygens (including phenoxy) is 1. The Balaban J connectivity index is 1.61. The second kappa shape index (κ2) is 6.48. The zero-order chi connectivity index (χ0) is 16.2. The smallest absolute Gasteiger partial charge is 0.313 e. The molecular weight excluding hydrogens is 294 g/mol. The van der Waals surface area contributed by atoms with E-state index >= 15 is 0 Å². The Morgan fingerprint density at radius 1 is 1.17 bits per heavy atom. The third kappa shape index (κ3) is 3.31. The van der Waals surface area contributed by atoms with Crippen molar-refractivity contribution in [3.8, 4) is 5.88 Å². The zero-order valence-electron chi connectivity index (χ0n) is 12.7. The number of hydrogen-bond donors (Lipinski definition) is 2. The van der Waals surface area contributed by atoms with E-state index < -0.39 is 11.8 Å². The van der Waals surface area contributed by atoms with Crippen LogP contribution in [0, 0.1) is 0 Å². The average Bonchev–Trinajstić information content (AvgIpc) is 2.98. The number of anilines is 1. The molecule has 2 amide bonds. The second-order valence-corrected chi connectivity index (χ2v) is 5.31. The summed E-state index contributed by atoms with van der Waals surface area (Å²) < 4.78 is 4.94. The van der Waals surface area contributed by atoms with Gasteiger partial charge in [0.2, 0.25) is 5.88 Å². The molecule has 3 rings (SSSR count). The molecule has 6 nitrogen and oxygen atoms in total. The molecule has 23 heavy (non-hydrogen) atoms. The SMILES string of the molecule is COc1ccc(NC(=O)C(=O)NC2CCc3ccccc32)cn1. The van der Waals surface area contributed by atoms with Crippen LogP contribution in [0.25, 0.3) is 0 Å². The molecule has 0 bridgehead atoms. The monoisotopic (exact) mass is 311 g/mol.